The maximum atomic E-state index is 12.8. The molecule has 1 N–H and O–H groups in total. The quantitative estimate of drug-likeness (QED) is 0.715. The Balaban J connectivity index is 1.39. The van der Waals surface area contributed by atoms with E-state index >= 15 is 0 Å². The number of hydrogen-bond donors (Lipinski definition) is 1. The number of amides is 1. The highest BCUT2D eigenvalue weighted by atomic mass is 19.4. The third-order valence-electron chi connectivity index (χ3n) is 7.23. The Bertz CT molecular complexity index is 787. The fraction of sp³-hybridized carbons (Fsp3) is 0.850. The van der Waals surface area contributed by atoms with E-state index in [1.807, 2.05) is 25.7 Å². The molecule has 1 aliphatic carbocycles. The van der Waals surface area contributed by atoms with Crippen molar-refractivity contribution in [1.82, 2.24) is 19.9 Å². The van der Waals surface area contributed by atoms with Crippen LogP contribution in [0.2, 0.25) is 0 Å². The van der Waals surface area contributed by atoms with Gasteiger partial charge in [-0.2, -0.15) is 18.2 Å². The molecule has 6 atom stereocenters. The highest BCUT2D eigenvalue weighted by Crippen LogP contribution is 2.53. The Hall–Kier alpha value is -1.88. The van der Waals surface area contributed by atoms with Crippen LogP contribution >= 0.6 is 0 Å². The molecule has 1 saturated carbocycles. The van der Waals surface area contributed by atoms with E-state index in [1.165, 1.54) is 0 Å². The van der Waals surface area contributed by atoms with E-state index in [-0.39, 0.29) is 36.5 Å². The lowest BCUT2D eigenvalue weighted by molar-refractivity contribution is -0.146. The molecule has 1 aromatic heterocycles. The normalized spacial score (nSPS) is 33.5. The van der Waals surface area contributed by atoms with Crippen molar-refractivity contribution in [2.45, 2.75) is 57.9 Å². The van der Waals surface area contributed by atoms with E-state index in [9.17, 15) is 23.1 Å². The summed E-state index contributed by atoms with van der Waals surface area (Å²) >= 11 is 0. The number of rotatable bonds is 6. The number of aromatic nitrogens is 2. The summed E-state index contributed by atoms with van der Waals surface area (Å²) in [6, 6.07) is -0.570. The van der Waals surface area contributed by atoms with Gasteiger partial charge in [0.25, 0.3) is 5.82 Å². The topological polar surface area (TPSA) is 85.9 Å². The summed E-state index contributed by atoms with van der Waals surface area (Å²) in [5.41, 5.74) is 0. The summed E-state index contributed by atoms with van der Waals surface area (Å²) in [5.74, 6) is -0.148. The lowest BCUT2D eigenvalue weighted by atomic mass is 9.91. The van der Waals surface area contributed by atoms with Crippen molar-refractivity contribution in [1.29, 1.82) is 0 Å². The number of aliphatic hydroxyl groups excluding tert-OH is 1. The van der Waals surface area contributed by atoms with Crippen LogP contribution in [0.15, 0.2) is 4.52 Å². The molecule has 8 nitrogen and oxygen atoms in total. The summed E-state index contributed by atoms with van der Waals surface area (Å²) in [7, 11) is 0. The van der Waals surface area contributed by atoms with E-state index in [0.717, 1.165) is 26.2 Å². The van der Waals surface area contributed by atoms with Crippen molar-refractivity contribution < 1.29 is 27.6 Å². The van der Waals surface area contributed by atoms with E-state index < -0.39 is 18.0 Å². The van der Waals surface area contributed by atoms with Gasteiger partial charge in [-0.3, -0.25) is 9.69 Å². The van der Waals surface area contributed by atoms with Crippen LogP contribution in [0.4, 0.5) is 19.2 Å². The summed E-state index contributed by atoms with van der Waals surface area (Å²) in [6.07, 6.45) is -3.36. The molecule has 0 aromatic carbocycles. The predicted octanol–water partition coefficient (Wildman–Crippen LogP) is 1.85. The monoisotopic (exact) mass is 445 g/mol. The van der Waals surface area contributed by atoms with Crippen LogP contribution < -0.4 is 4.90 Å². The van der Waals surface area contributed by atoms with Gasteiger partial charge in [0.15, 0.2) is 0 Å². The fourth-order valence-corrected chi connectivity index (χ4v) is 5.60. The molecule has 4 rings (SSSR count). The highest BCUT2D eigenvalue weighted by Gasteiger charge is 2.61. The number of carbonyl (C=O) groups is 1. The second-order valence-electron chi connectivity index (χ2n) is 8.93. The first-order chi connectivity index (χ1) is 14.7. The summed E-state index contributed by atoms with van der Waals surface area (Å²) in [6.45, 7) is 8.86. The lowest BCUT2D eigenvalue weighted by Gasteiger charge is -2.45. The average Bonchev–Trinajstić information content (AvgIpc) is 3.09. The number of piperidine rings is 2. The minimum atomic E-state index is -4.67. The third kappa shape index (κ3) is 4.02. The zero-order chi connectivity index (χ0) is 22.5. The number of hydrogen-bond acceptors (Lipinski definition) is 7. The first-order valence-corrected chi connectivity index (χ1v) is 11.0. The Kier molecular flexibility index (Phi) is 5.93. The van der Waals surface area contributed by atoms with E-state index in [2.05, 4.69) is 15.0 Å². The molecule has 3 fully saturated rings. The molecule has 1 amide bonds. The lowest BCUT2D eigenvalue weighted by Crippen LogP contribution is -2.55. The first-order valence-electron chi connectivity index (χ1n) is 11.0. The zero-order valence-electron chi connectivity index (χ0n) is 18.0. The number of carbonyl (C=O) groups excluding carboxylic acids is 1. The van der Waals surface area contributed by atoms with Gasteiger partial charge < -0.3 is 19.4 Å². The van der Waals surface area contributed by atoms with Gasteiger partial charge in [-0.05, 0) is 50.6 Å². The minimum absolute atomic E-state index is 0.126. The van der Waals surface area contributed by atoms with Crippen molar-refractivity contribution in [2.75, 3.05) is 37.7 Å². The molecule has 0 spiro atoms. The van der Waals surface area contributed by atoms with Gasteiger partial charge in [0.1, 0.15) is 0 Å². The predicted molar refractivity (Wildman–Crippen MR) is 105 cm³/mol. The van der Waals surface area contributed by atoms with Crippen molar-refractivity contribution in [2.24, 2.45) is 17.8 Å². The number of aliphatic hydroxyl groups is 1. The van der Waals surface area contributed by atoms with Gasteiger partial charge in [-0.1, -0.05) is 0 Å². The van der Waals surface area contributed by atoms with Gasteiger partial charge in [0.05, 0.1) is 12.6 Å². The standard InChI is InChI=1S/C20H30F3N5O3/c1-4-26(5-2)17(30)16-14-8-27(9-15(14)16)12-6-11(3)28(13(7-12)10-29)19-24-18(25-31-19)20(21,22)23/h11-16,29H,4-10H2,1-3H3/t11?,12?,13?,14-,15+,16?. The molecular weight excluding hydrogens is 415 g/mol. The van der Waals surface area contributed by atoms with Crippen LogP contribution in [0.1, 0.15) is 39.4 Å². The summed E-state index contributed by atoms with van der Waals surface area (Å²) in [5, 5.41) is 13.0. The van der Waals surface area contributed by atoms with E-state index in [4.69, 9.17) is 4.52 Å². The Morgan fingerprint density at radius 2 is 1.87 bits per heavy atom. The fourth-order valence-electron chi connectivity index (χ4n) is 5.60. The molecular formula is C20H30F3N5O3. The van der Waals surface area contributed by atoms with Crippen LogP contribution in [0, 0.1) is 17.8 Å². The van der Waals surface area contributed by atoms with Gasteiger partial charge in [0, 0.05) is 44.2 Å². The Morgan fingerprint density at radius 3 is 2.39 bits per heavy atom. The van der Waals surface area contributed by atoms with Gasteiger partial charge in [-0.25, -0.2) is 0 Å². The maximum Gasteiger partial charge on any atom is 0.455 e. The number of anilines is 1. The number of likely N-dealkylation sites (tertiary alicyclic amines) is 1. The van der Waals surface area contributed by atoms with Crippen LogP contribution in [-0.4, -0.2) is 81.9 Å². The van der Waals surface area contributed by atoms with E-state index in [1.54, 1.807) is 4.90 Å². The van der Waals surface area contributed by atoms with Gasteiger partial charge in [-0.15, -0.1) is 0 Å². The molecule has 31 heavy (non-hydrogen) atoms. The molecule has 0 radical (unpaired) electrons. The second kappa shape index (κ2) is 8.23. The molecule has 3 heterocycles. The largest absolute Gasteiger partial charge is 0.455 e. The molecule has 1 aromatic rings. The van der Waals surface area contributed by atoms with Crippen molar-refractivity contribution >= 4 is 11.9 Å². The van der Waals surface area contributed by atoms with Crippen LogP contribution in [0.5, 0.6) is 0 Å². The number of nitrogens with zero attached hydrogens (tertiary/aromatic N) is 5. The average molecular weight is 445 g/mol. The van der Waals surface area contributed by atoms with Crippen molar-refractivity contribution in [3.8, 4) is 0 Å². The highest BCUT2D eigenvalue weighted by molar-refractivity contribution is 5.82. The van der Waals surface area contributed by atoms with Crippen molar-refractivity contribution in [3.05, 3.63) is 5.82 Å². The minimum Gasteiger partial charge on any atom is -0.394 e. The number of fused-ring (bicyclic) bond motifs is 1. The van der Waals surface area contributed by atoms with Gasteiger partial charge >= 0.3 is 12.2 Å². The van der Waals surface area contributed by atoms with Gasteiger partial charge in [0.2, 0.25) is 5.91 Å². The maximum absolute atomic E-state index is 12.8. The molecule has 174 valence electrons. The number of halogens is 3. The Morgan fingerprint density at radius 1 is 1.23 bits per heavy atom. The molecule has 2 aliphatic heterocycles. The molecule has 0 bridgehead atoms. The Labute approximate surface area is 179 Å². The third-order valence-corrected chi connectivity index (χ3v) is 7.23. The number of alkyl halides is 3. The summed E-state index contributed by atoms with van der Waals surface area (Å²) < 4.78 is 43.4. The molecule has 4 unspecified atom stereocenters. The zero-order valence-corrected chi connectivity index (χ0v) is 18.0. The van der Waals surface area contributed by atoms with Crippen LogP contribution in [0.3, 0.4) is 0 Å². The molecule has 2 saturated heterocycles. The SMILES string of the molecule is CCN(CC)C(=O)C1[C@H]2CN(C3CC(C)N(c4nc(C(F)(F)F)no4)C(CO)C3)C[C@@H]12. The van der Waals surface area contributed by atoms with Crippen LogP contribution in [-0.2, 0) is 11.0 Å². The smallest absolute Gasteiger partial charge is 0.394 e. The molecule has 11 heteroatoms. The second-order valence-corrected chi connectivity index (χ2v) is 8.93. The van der Waals surface area contributed by atoms with Crippen molar-refractivity contribution in [3.63, 3.8) is 0 Å². The van der Waals surface area contributed by atoms with E-state index in [0.29, 0.717) is 24.7 Å². The molecule has 3 aliphatic rings. The van der Waals surface area contributed by atoms with Crippen LogP contribution in [0.25, 0.3) is 0 Å². The summed E-state index contributed by atoms with van der Waals surface area (Å²) in [4.78, 5) is 22.1. The first kappa shape index (κ1) is 22.3.